The summed E-state index contributed by atoms with van der Waals surface area (Å²) in [6, 6.07) is 0. The van der Waals surface area contributed by atoms with Gasteiger partial charge in [0.25, 0.3) is 0 Å². The molecule has 0 bridgehead atoms. The van der Waals surface area contributed by atoms with E-state index in [9.17, 15) is 14.7 Å². The first-order valence-corrected chi connectivity index (χ1v) is 7.02. The van der Waals surface area contributed by atoms with E-state index in [4.69, 9.17) is 0 Å². The summed E-state index contributed by atoms with van der Waals surface area (Å²) in [6.45, 7) is 8.56. The van der Waals surface area contributed by atoms with E-state index in [1.54, 1.807) is 18.7 Å². The highest BCUT2D eigenvalue weighted by atomic mass is 16.3. The number of rotatable bonds is 7. The molecule has 1 aliphatic carbocycles. The van der Waals surface area contributed by atoms with Crippen molar-refractivity contribution >= 4 is 11.8 Å². The zero-order valence-corrected chi connectivity index (χ0v) is 12.4. The largest absolute Gasteiger partial charge is 0.389 e. The number of amides is 2. The molecule has 1 saturated carbocycles. The maximum atomic E-state index is 11.9. The second-order valence-corrected chi connectivity index (χ2v) is 6.08. The van der Waals surface area contributed by atoms with E-state index in [0.29, 0.717) is 25.6 Å². The molecular weight excluding hydrogens is 244 g/mol. The molecular formula is C14H26N2O3. The van der Waals surface area contributed by atoms with Gasteiger partial charge in [-0.1, -0.05) is 6.92 Å². The third-order valence-electron chi connectivity index (χ3n) is 3.40. The highest BCUT2D eigenvalue weighted by molar-refractivity contribution is 5.82. The van der Waals surface area contributed by atoms with Crippen LogP contribution in [0, 0.1) is 11.8 Å². The summed E-state index contributed by atoms with van der Waals surface area (Å²) in [7, 11) is 0. The quantitative estimate of drug-likeness (QED) is 0.718. The van der Waals surface area contributed by atoms with Crippen LogP contribution in [0.5, 0.6) is 0 Å². The number of nitrogens with zero attached hydrogens (tertiary/aromatic N) is 1. The zero-order chi connectivity index (χ0) is 14.6. The van der Waals surface area contributed by atoms with Gasteiger partial charge in [-0.15, -0.1) is 0 Å². The minimum absolute atomic E-state index is 0.0335. The second kappa shape index (κ2) is 6.37. The van der Waals surface area contributed by atoms with Crippen LogP contribution < -0.4 is 5.32 Å². The van der Waals surface area contributed by atoms with Crippen LogP contribution in [0.15, 0.2) is 0 Å². The Labute approximate surface area is 115 Å². The number of likely N-dealkylation sites (N-methyl/N-ethyl adjacent to an activating group) is 1. The molecule has 0 spiro atoms. The molecule has 5 heteroatoms. The van der Waals surface area contributed by atoms with Crippen molar-refractivity contribution < 1.29 is 14.7 Å². The summed E-state index contributed by atoms with van der Waals surface area (Å²) in [5.41, 5.74) is -0.891. The average molecular weight is 270 g/mol. The normalized spacial score (nSPS) is 21.9. The molecule has 1 aliphatic rings. The first-order chi connectivity index (χ1) is 8.74. The minimum Gasteiger partial charge on any atom is -0.389 e. The van der Waals surface area contributed by atoms with Crippen LogP contribution in [0.25, 0.3) is 0 Å². The molecule has 0 aromatic heterocycles. The van der Waals surface area contributed by atoms with Crippen molar-refractivity contribution in [2.75, 3.05) is 19.6 Å². The Bertz CT molecular complexity index is 336. The van der Waals surface area contributed by atoms with Gasteiger partial charge in [0.2, 0.25) is 11.8 Å². The van der Waals surface area contributed by atoms with E-state index in [1.807, 2.05) is 6.92 Å². The maximum Gasteiger partial charge on any atom is 0.224 e. The van der Waals surface area contributed by atoms with Gasteiger partial charge in [0.15, 0.2) is 0 Å². The molecule has 110 valence electrons. The SMILES string of the molecule is CCN(CC(C)(C)O)C(=O)CCNC(=O)C1CC1C. The van der Waals surface area contributed by atoms with E-state index in [-0.39, 0.29) is 24.2 Å². The highest BCUT2D eigenvalue weighted by Gasteiger charge is 2.38. The first kappa shape index (κ1) is 16.0. The van der Waals surface area contributed by atoms with Gasteiger partial charge in [-0.2, -0.15) is 0 Å². The van der Waals surface area contributed by atoms with Crippen molar-refractivity contribution in [3.63, 3.8) is 0 Å². The molecule has 1 rings (SSSR count). The molecule has 0 radical (unpaired) electrons. The van der Waals surface area contributed by atoms with Crippen molar-refractivity contribution in [1.82, 2.24) is 10.2 Å². The molecule has 0 heterocycles. The number of hydrogen-bond donors (Lipinski definition) is 2. The lowest BCUT2D eigenvalue weighted by Crippen LogP contribution is -2.43. The van der Waals surface area contributed by atoms with E-state index in [2.05, 4.69) is 12.2 Å². The number of hydrogen-bond acceptors (Lipinski definition) is 3. The van der Waals surface area contributed by atoms with E-state index < -0.39 is 5.60 Å². The molecule has 2 amide bonds. The summed E-state index contributed by atoms with van der Waals surface area (Å²) in [4.78, 5) is 25.2. The Morgan fingerprint density at radius 2 is 2.00 bits per heavy atom. The van der Waals surface area contributed by atoms with Gasteiger partial charge in [0.1, 0.15) is 0 Å². The van der Waals surface area contributed by atoms with Crippen LogP contribution in [-0.2, 0) is 9.59 Å². The number of aliphatic hydroxyl groups is 1. The predicted molar refractivity (Wildman–Crippen MR) is 73.4 cm³/mol. The Morgan fingerprint density at radius 1 is 1.42 bits per heavy atom. The topological polar surface area (TPSA) is 69.6 Å². The number of carbonyl (C=O) groups excluding carboxylic acids is 2. The molecule has 5 nitrogen and oxygen atoms in total. The molecule has 2 atom stereocenters. The second-order valence-electron chi connectivity index (χ2n) is 6.08. The minimum atomic E-state index is -0.891. The highest BCUT2D eigenvalue weighted by Crippen LogP contribution is 2.37. The van der Waals surface area contributed by atoms with Crippen molar-refractivity contribution in [1.29, 1.82) is 0 Å². The van der Waals surface area contributed by atoms with Crippen molar-refractivity contribution in [3.05, 3.63) is 0 Å². The number of carbonyl (C=O) groups is 2. The molecule has 2 unspecified atom stereocenters. The molecule has 0 aromatic carbocycles. The van der Waals surface area contributed by atoms with Crippen molar-refractivity contribution in [3.8, 4) is 0 Å². The molecule has 0 aromatic rings. The van der Waals surface area contributed by atoms with Gasteiger partial charge in [0.05, 0.1) is 5.60 Å². The van der Waals surface area contributed by atoms with Gasteiger partial charge in [0, 0.05) is 32.0 Å². The average Bonchev–Trinajstić information content (AvgIpc) is 3.01. The Morgan fingerprint density at radius 3 is 2.42 bits per heavy atom. The monoisotopic (exact) mass is 270 g/mol. The maximum absolute atomic E-state index is 11.9. The van der Waals surface area contributed by atoms with Crippen LogP contribution in [-0.4, -0.2) is 47.1 Å². The van der Waals surface area contributed by atoms with Gasteiger partial charge < -0.3 is 15.3 Å². The summed E-state index contributed by atoms with van der Waals surface area (Å²) >= 11 is 0. The summed E-state index contributed by atoms with van der Waals surface area (Å²) in [5, 5.41) is 12.5. The van der Waals surface area contributed by atoms with Crippen molar-refractivity contribution in [2.24, 2.45) is 11.8 Å². The lowest BCUT2D eigenvalue weighted by atomic mass is 10.1. The standard InChI is InChI=1S/C14H26N2O3/c1-5-16(9-14(3,4)19)12(17)6-7-15-13(18)11-8-10(11)2/h10-11,19H,5-9H2,1-4H3,(H,15,18). The van der Waals surface area contributed by atoms with Crippen LogP contribution in [0.4, 0.5) is 0 Å². The van der Waals surface area contributed by atoms with Crippen LogP contribution >= 0.6 is 0 Å². The Balaban J connectivity index is 2.27. The van der Waals surface area contributed by atoms with E-state index in [1.165, 1.54) is 0 Å². The van der Waals surface area contributed by atoms with Crippen molar-refractivity contribution in [2.45, 2.75) is 46.1 Å². The lowest BCUT2D eigenvalue weighted by Gasteiger charge is -2.28. The van der Waals surface area contributed by atoms with Gasteiger partial charge in [-0.05, 0) is 33.1 Å². The van der Waals surface area contributed by atoms with E-state index in [0.717, 1.165) is 6.42 Å². The Kier molecular flexibility index (Phi) is 5.35. The van der Waals surface area contributed by atoms with Gasteiger partial charge in [-0.25, -0.2) is 0 Å². The van der Waals surface area contributed by atoms with Gasteiger partial charge >= 0.3 is 0 Å². The lowest BCUT2D eigenvalue weighted by molar-refractivity contribution is -0.134. The van der Waals surface area contributed by atoms with Gasteiger partial charge in [-0.3, -0.25) is 9.59 Å². The summed E-state index contributed by atoms with van der Waals surface area (Å²) < 4.78 is 0. The predicted octanol–water partition coefficient (Wildman–Crippen LogP) is 0.768. The third-order valence-corrected chi connectivity index (χ3v) is 3.40. The molecule has 0 saturated heterocycles. The van der Waals surface area contributed by atoms with Crippen LogP contribution in [0.2, 0.25) is 0 Å². The first-order valence-electron chi connectivity index (χ1n) is 7.02. The third kappa shape index (κ3) is 5.59. The fraction of sp³-hybridized carbons (Fsp3) is 0.857. The molecule has 0 aliphatic heterocycles. The van der Waals surface area contributed by atoms with Crippen LogP contribution in [0.3, 0.4) is 0 Å². The molecule has 19 heavy (non-hydrogen) atoms. The summed E-state index contributed by atoms with van der Waals surface area (Å²) in [6.07, 6.45) is 1.25. The fourth-order valence-electron chi connectivity index (χ4n) is 2.11. The number of nitrogens with one attached hydrogen (secondary N) is 1. The smallest absolute Gasteiger partial charge is 0.224 e. The molecule has 2 N–H and O–H groups in total. The Hall–Kier alpha value is -1.10. The fourth-order valence-corrected chi connectivity index (χ4v) is 2.11. The van der Waals surface area contributed by atoms with E-state index >= 15 is 0 Å². The molecule has 1 fully saturated rings. The summed E-state index contributed by atoms with van der Waals surface area (Å²) in [5.74, 6) is 0.659. The zero-order valence-electron chi connectivity index (χ0n) is 12.4. The van der Waals surface area contributed by atoms with Crippen LogP contribution in [0.1, 0.15) is 40.5 Å².